The topological polar surface area (TPSA) is 62.2 Å². The molecule has 2 aliphatic rings. The van der Waals surface area contributed by atoms with E-state index in [9.17, 15) is 4.79 Å². The zero-order valence-corrected chi connectivity index (χ0v) is 16.9. The number of nitrogens with zero attached hydrogens (tertiary/aromatic N) is 5. The molecule has 4 heterocycles. The molecule has 4 rings (SSSR count). The minimum atomic E-state index is 0.231. The SMILES string of the molecule is CCc1cc(N2CCC3(CCC(=O)N(Cc4ccccn4)C3)CC2)nc(C)n1. The van der Waals surface area contributed by atoms with E-state index in [2.05, 4.69) is 32.8 Å². The van der Waals surface area contributed by atoms with Gasteiger partial charge in [-0.05, 0) is 50.2 Å². The molecule has 6 heteroatoms. The lowest BCUT2D eigenvalue weighted by Crippen LogP contribution is -2.51. The summed E-state index contributed by atoms with van der Waals surface area (Å²) in [5.74, 6) is 2.16. The van der Waals surface area contributed by atoms with Crippen molar-refractivity contribution in [1.29, 1.82) is 0 Å². The number of piperidine rings is 2. The van der Waals surface area contributed by atoms with Gasteiger partial charge in [0, 0.05) is 44.0 Å². The van der Waals surface area contributed by atoms with E-state index in [1.165, 1.54) is 0 Å². The van der Waals surface area contributed by atoms with Gasteiger partial charge in [-0.2, -0.15) is 0 Å². The average molecular weight is 380 g/mol. The largest absolute Gasteiger partial charge is 0.356 e. The molecular formula is C22H29N5O. The molecule has 0 saturated carbocycles. The standard InChI is InChI=1S/C22H29N5O/c1-3-18-14-20(25-17(2)24-18)26-12-9-22(10-13-26)8-7-21(28)27(16-22)15-19-6-4-5-11-23-19/h4-6,11,14H,3,7-10,12-13,15-16H2,1-2H3. The van der Waals surface area contributed by atoms with Gasteiger partial charge in [0.2, 0.25) is 5.91 Å². The maximum Gasteiger partial charge on any atom is 0.222 e. The first-order chi connectivity index (χ1) is 13.6. The second-order valence-corrected chi connectivity index (χ2v) is 8.18. The molecule has 2 aromatic heterocycles. The highest BCUT2D eigenvalue weighted by atomic mass is 16.2. The summed E-state index contributed by atoms with van der Waals surface area (Å²) in [5.41, 5.74) is 2.30. The molecule has 0 atom stereocenters. The fourth-order valence-electron chi connectivity index (χ4n) is 4.51. The van der Waals surface area contributed by atoms with Crippen molar-refractivity contribution in [2.75, 3.05) is 24.5 Å². The summed E-state index contributed by atoms with van der Waals surface area (Å²) in [7, 11) is 0. The van der Waals surface area contributed by atoms with Gasteiger partial charge >= 0.3 is 0 Å². The van der Waals surface area contributed by atoms with Crippen LogP contribution in [0.3, 0.4) is 0 Å². The molecular weight excluding hydrogens is 350 g/mol. The van der Waals surface area contributed by atoms with Crippen LogP contribution >= 0.6 is 0 Å². The number of amides is 1. The molecule has 2 saturated heterocycles. The van der Waals surface area contributed by atoms with Gasteiger partial charge in [-0.25, -0.2) is 9.97 Å². The van der Waals surface area contributed by atoms with Crippen LogP contribution in [-0.2, 0) is 17.8 Å². The monoisotopic (exact) mass is 379 g/mol. The summed E-state index contributed by atoms with van der Waals surface area (Å²) in [6, 6.07) is 8.03. The number of aryl methyl sites for hydroxylation is 2. The first-order valence-electron chi connectivity index (χ1n) is 10.3. The van der Waals surface area contributed by atoms with Gasteiger partial charge in [0.1, 0.15) is 11.6 Å². The molecule has 2 fully saturated rings. The third kappa shape index (κ3) is 4.01. The van der Waals surface area contributed by atoms with Crippen molar-refractivity contribution in [3.63, 3.8) is 0 Å². The number of hydrogen-bond donors (Lipinski definition) is 0. The summed E-state index contributed by atoms with van der Waals surface area (Å²) in [4.78, 5) is 30.5. The Morgan fingerprint density at radius 1 is 1.11 bits per heavy atom. The van der Waals surface area contributed by atoms with Gasteiger partial charge < -0.3 is 9.80 Å². The lowest BCUT2D eigenvalue weighted by Gasteiger charge is -2.47. The summed E-state index contributed by atoms with van der Waals surface area (Å²) in [5, 5.41) is 0. The predicted octanol–water partition coefficient (Wildman–Crippen LogP) is 3.15. The van der Waals surface area contributed by atoms with Crippen molar-refractivity contribution in [3.05, 3.63) is 47.7 Å². The van der Waals surface area contributed by atoms with Crippen LogP contribution in [0, 0.1) is 12.3 Å². The number of carbonyl (C=O) groups excluding carboxylic acids is 1. The van der Waals surface area contributed by atoms with E-state index in [1.807, 2.05) is 30.0 Å². The van der Waals surface area contributed by atoms with E-state index < -0.39 is 0 Å². The van der Waals surface area contributed by atoms with E-state index in [0.29, 0.717) is 13.0 Å². The highest BCUT2D eigenvalue weighted by Gasteiger charge is 2.41. The molecule has 148 valence electrons. The molecule has 0 radical (unpaired) electrons. The molecule has 0 unspecified atom stereocenters. The summed E-state index contributed by atoms with van der Waals surface area (Å²) in [6.07, 6.45) is 6.58. The van der Waals surface area contributed by atoms with E-state index >= 15 is 0 Å². The number of carbonyl (C=O) groups is 1. The van der Waals surface area contributed by atoms with Crippen molar-refractivity contribution in [2.45, 2.75) is 52.5 Å². The highest BCUT2D eigenvalue weighted by Crippen LogP contribution is 2.41. The maximum atomic E-state index is 12.5. The van der Waals surface area contributed by atoms with E-state index in [-0.39, 0.29) is 11.3 Å². The lowest BCUT2D eigenvalue weighted by molar-refractivity contribution is -0.139. The van der Waals surface area contributed by atoms with Gasteiger partial charge in [-0.1, -0.05) is 13.0 Å². The summed E-state index contributed by atoms with van der Waals surface area (Å²) >= 11 is 0. The fourth-order valence-corrected chi connectivity index (χ4v) is 4.51. The van der Waals surface area contributed by atoms with Crippen LogP contribution in [0.25, 0.3) is 0 Å². The van der Waals surface area contributed by atoms with E-state index in [0.717, 1.165) is 68.3 Å². The normalized spacial score (nSPS) is 19.3. The number of pyridine rings is 1. The van der Waals surface area contributed by atoms with Crippen molar-refractivity contribution in [3.8, 4) is 0 Å². The highest BCUT2D eigenvalue weighted by molar-refractivity contribution is 5.77. The molecule has 28 heavy (non-hydrogen) atoms. The second kappa shape index (κ2) is 7.86. The summed E-state index contributed by atoms with van der Waals surface area (Å²) < 4.78 is 0. The Morgan fingerprint density at radius 3 is 2.64 bits per heavy atom. The first kappa shape index (κ1) is 18.8. The van der Waals surface area contributed by atoms with Gasteiger partial charge in [-0.15, -0.1) is 0 Å². The molecule has 0 aliphatic carbocycles. The number of rotatable bonds is 4. The van der Waals surface area contributed by atoms with Crippen LogP contribution in [0.2, 0.25) is 0 Å². The van der Waals surface area contributed by atoms with E-state index in [1.54, 1.807) is 6.20 Å². The zero-order valence-electron chi connectivity index (χ0n) is 16.9. The Labute approximate surface area is 167 Å². The van der Waals surface area contributed by atoms with E-state index in [4.69, 9.17) is 0 Å². The number of likely N-dealkylation sites (tertiary alicyclic amines) is 1. The quantitative estimate of drug-likeness (QED) is 0.817. The van der Waals surface area contributed by atoms with Crippen LogP contribution in [0.1, 0.15) is 49.8 Å². The third-order valence-electron chi connectivity index (χ3n) is 6.21. The maximum absolute atomic E-state index is 12.5. The first-order valence-corrected chi connectivity index (χ1v) is 10.3. The van der Waals surface area contributed by atoms with Crippen molar-refractivity contribution >= 4 is 11.7 Å². The van der Waals surface area contributed by atoms with Gasteiger partial charge in [0.25, 0.3) is 0 Å². The molecule has 2 aliphatic heterocycles. The minimum Gasteiger partial charge on any atom is -0.356 e. The zero-order chi connectivity index (χ0) is 19.6. The Morgan fingerprint density at radius 2 is 1.93 bits per heavy atom. The van der Waals surface area contributed by atoms with Gasteiger partial charge in [0.05, 0.1) is 12.2 Å². The van der Waals surface area contributed by atoms with Crippen molar-refractivity contribution in [1.82, 2.24) is 19.9 Å². The van der Waals surface area contributed by atoms with Crippen LogP contribution < -0.4 is 4.90 Å². The predicted molar refractivity (Wildman–Crippen MR) is 109 cm³/mol. The van der Waals surface area contributed by atoms with Crippen LogP contribution in [0.5, 0.6) is 0 Å². The van der Waals surface area contributed by atoms with Gasteiger partial charge in [0.15, 0.2) is 0 Å². The van der Waals surface area contributed by atoms with Crippen LogP contribution in [0.15, 0.2) is 30.5 Å². The lowest BCUT2D eigenvalue weighted by atomic mass is 9.72. The number of anilines is 1. The molecule has 0 bridgehead atoms. The van der Waals surface area contributed by atoms with Crippen LogP contribution in [-0.4, -0.2) is 45.4 Å². The molecule has 1 spiro atoms. The molecule has 1 amide bonds. The van der Waals surface area contributed by atoms with Crippen molar-refractivity contribution < 1.29 is 4.79 Å². The number of hydrogen-bond acceptors (Lipinski definition) is 5. The average Bonchev–Trinajstić information content (AvgIpc) is 2.72. The number of aromatic nitrogens is 3. The molecule has 6 nitrogen and oxygen atoms in total. The molecule has 0 aromatic carbocycles. The Kier molecular flexibility index (Phi) is 5.29. The molecule has 2 aromatic rings. The van der Waals surface area contributed by atoms with Crippen molar-refractivity contribution in [2.24, 2.45) is 5.41 Å². The molecule has 0 N–H and O–H groups in total. The minimum absolute atomic E-state index is 0.231. The fraction of sp³-hybridized carbons (Fsp3) is 0.545. The Hall–Kier alpha value is -2.50. The Bertz CT molecular complexity index is 830. The Balaban J connectivity index is 1.43. The smallest absolute Gasteiger partial charge is 0.222 e. The van der Waals surface area contributed by atoms with Crippen LogP contribution in [0.4, 0.5) is 5.82 Å². The summed E-state index contributed by atoms with van der Waals surface area (Å²) in [6.45, 7) is 7.55. The second-order valence-electron chi connectivity index (χ2n) is 8.18. The van der Waals surface area contributed by atoms with Gasteiger partial charge in [-0.3, -0.25) is 9.78 Å². The third-order valence-corrected chi connectivity index (χ3v) is 6.21.